The van der Waals surface area contributed by atoms with Crippen molar-refractivity contribution in [2.45, 2.75) is 46.0 Å². The summed E-state index contributed by atoms with van der Waals surface area (Å²) in [5, 5.41) is 0. The molecule has 0 bridgehead atoms. The van der Waals surface area contributed by atoms with E-state index in [9.17, 15) is 9.59 Å². The second-order valence-electron chi connectivity index (χ2n) is 7.77. The number of fused-ring (bicyclic) bond motifs is 1. The third-order valence-corrected chi connectivity index (χ3v) is 6.03. The standard InChI is InChI=1S/C24H32N2O4/c1-5-26(6-2)18-12-10-17(11-13-18)22-21(24(28)30-15-14-29-4)16(3)25-19-8-7-9-20(27)23(19)22/h10-13,22-23H,5-9,14-15H2,1-4H3/t22-,23?/m1/s1. The van der Waals surface area contributed by atoms with Gasteiger partial charge in [-0.3, -0.25) is 9.79 Å². The Morgan fingerprint density at radius 1 is 1.10 bits per heavy atom. The average molecular weight is 413 g/mol. The Labute approximate surface area is 179 Å². The fraction of sp³-hybridized carbons (Fsp3) is 0.542. The number of carbonyl (C=O) groups excluding carboxylic acids is 2. The molecule has 6 nitrogen and oxygen atoms in total. The van der Waals surface area contributed by atoms with Gasteiger partial charge in [-0.05, 0) is 51.3 Å². The Morgan fingerprint density at radius 3 is 2.43 bits per heavy atom. The van der Waals surface area contributed by atoms with Crippen LogP contribution in [0, 0.1) is 5.92 Å². The van der Waals surface area contributed by atoms with E-state index in [1.54, 1.807) is 7.11 Å². The number of methoxy groups -OCH3 is 1. The summed E-state index contributed by atoms with van der Waals surface area (Å²) in [6, 6.07) is 8.23. The SMILES string of the molecule is CCN(CC)c1ccc([C@@H]2C(C(=O)OCCOC)=C(C)N=C3CCCC(=O)C32)cc1. The summed E-state index contributed by atoms with van der Waals surface area (Å²) < 4.78 is 10.4. The fourth-order valence-corrected chi connectivity index (χ4v) is 4.52. The van der Waals surface area contributed by atoms with Crippen LogP contribution in [0.3, 0.4) is 0 Å². The molecule has 2 aliphatic rings. The Morgan fingerprint density at radius 2 is 1.80 bits per heavy atom. The number of ketones is 1. The number of anilines is 1. The van der Waals surface area contributed by atoms with Crippen LogP contribution in [-0.2, 0) is 19.1 Å². The van der Waals surface area contributed by atoms with Crippen LogP contribution in [-0.4, -0.2) is 50.9 Å². The summed E-state index contributed by atoms with van der Waals surface area (Å²) in [7, 11) is 1.57. The van der Waals surface area contributed by atoms with Crippen molar-refractivity contribution >= 4 is 23.2 Å². The largest absolute Gasteiger partial charge is 0.460 e. The summed E-state index contributed by atoms with van der Waals surface area (Å²) in [6.45, 7) is 8.45. The Balaban J connectivity index is 2.01. The van der Waals surface area contributed by atoms with Crippen molar-refractivity contribution in [3.8, 4) is 0 Å². The van der Waals surface area contributed by atoms with E-state index in [-0.39, 0.29) is 24.2 Å². The number of rotatable bonds is 8. The van der Waals surface area contributed by atoms with Crippen molar-refractivity contribution in [1.82, 2.24) is 0 Å². The maximum atomic E-state index is 13.0. The van der Waals surface area contributed by atoms with Gasteiger partial charge in [0.05, 0.1) is 18.1 Å². The van der Waals surface area contributed by atoms with Crippen molar-refractivity contribution in [1.29, 1.82) is 0 Å². The first-order valence-electron chi connectivity index (χ1n) is 10.8. The van der Waals surface area contributed by atoms with Crippen molar-refractivity contribution < 1.29 is 19.1 Å². The zero-order chi connectivity index (χ0) is 21.7. The molecule has 0 spiro atoms. The van der Waals surface area contributed by atoms with Gasteiger partial charge in [0.15, 0.2) is 0 Å². The third-order valence-electron chi connectivity index (χ3n) is 6.03. The minimum absolute atomic E-state index is 0.160. The van der Waals surface area contributed by atoms with Gasteiger partial charge in [0, 0.05) is 49.6 Å². The van der Waals surface area contributed by atoms with E-state index in [4.69, 9.17) is 9.47 Å². The first-order chi connectivity index (χ1) is 14.5. The molecule has 30 heavy (non-hydrogen) atoms. The fourth-order valence-electron chi connectivity index (χ4n) is 4.52. The zero-order valence-electron chi connectivity index (χ0n) is 18.4. The van der Waals surface area contributed by atoms with Gasteiger partial charge < -0.3 is 14.4 Å². The molecule has 1 aliphatic heterocycles. The van der Waals surface area contributed by atoms with Crippen molar-refractivity contribution in [2.24, 2.45) is 10.9 Å². The van der Waals surface area contributed by atoms with Gasteiger partial charge in [0.2, 0.25) is 0 Å². The average Bonchev–Trinajstić information content (AvgIpc) is 2.74. The van der Waals surface area contributed by atoms with Crippen LogP contribution < -0.4 is 4.90 Å². The normalized spacial score (nSPS) is 21.2. The van der Waals surface area contributed by atoms with Crippen LogP contribution in [0.25, 0.3) is 0 Å². The molecule has 0 radical (unpaired) electrons. The first-order valence-corrected chi connectivity index (χ1v) is 10.8. The number of Topliss-reactive ketones (excluding diaryl/α,β-unsaturated/α-hetero) is 1. The van der Waals surface area contributed by atoms with Crippen LogP contribution in [0.5, 0.6) is 0 Å². The molecule has 2 atom stereocenters. The lowest BCUT2D eigenvalue weighted by Crippen LogP contribution is -2.39. The van der Waals surface area contributed by atoms with Gasteiger partial charge in [-0.1, -0.05) is 12.1 Å². The van der Waals surface area contributed by atoms with Crippen molar-refractivity contribution in [3.63, 3.8) is 0 Å². The van der Waals surface area contributed by atoms with E-state index in [0.717, 1.165) is 42.9 Å². The molecule has 1 heterocycles. The summed E-state index contributed by atoms with van der Waals surface area (Å²) in [6.07, 6.45) is 2.15. The minimum atomic E-state index is -0.413. The Hall–Kier alpha value is -2.47. The van der Waals surface area contributed by atoms with E-state index < -0.39 is 5.97 Å². The van der Waals surface area contributed by atoms with Gasteiger partial charge in [0.25, 0.3) is 0 Å². The molecule has 3 rings (SSSR count). The van der Waals surface area contributed by atoms with Crippen LogP contribution >= 0.6 is 0 Å². The van der Waals surface area contributed by atoms with Crippen LogP contribution in [0.2, 0.25) is 0 Å². The molecule has 6 heteroatoms. The highest BCUT2D eigenvalue weighted by Gasteiger charge is 2.43. The van der Waals surface area contributed by atoms with E-state index in [1.165, 1.54) is 0 Å². The van der Waals surface area contributed by atoms with Crippen LogP contribution in [0.1, 0.15) is 51.5 Å². The second-order valence-corrected chi connectivity index (χ2v) is 7.77. The number of nitrogens with zero attached hydrogens (tertiary/aromatic N) is 2. The molecule has 0 amide bonds. The lowest BCUT2D eigenvalue weighted by atomic mass is 9.69. The maximum Gasteiger partial charge on any atom is 0.336 e. The lowest BCUT2D eigenvalue weighted by Gasteiger charge is -2.35. The maximum absolute atomic E-state index is 13.0. The first kappa shape index (κ1) is 22.2. The summed E-state index contributed by atoms with van der Waals surface area (Å²) in [4.78, 5) is 32.9. The van der Waals surface area contributed by atoms with Crippen molar-refractivity contribution in [3.05, 3.63) is 41.1 Å². The van der Waals surface area contributed by atoms with Gasteiger partial charge >= 0.3 is 5.97 Å². The molecule has 1 fully saturated rings. The van der Waals surface area contributed by atoms with Crippen LogP contribution in [0.4, 0.5) is 5.69 Å². The topological polar surface area (TPSA) is 68.2 Å². The number of aliphatic imine (C=N–C) groups is 1. The molecule has 1 unspecified atom stereocenters. The summed E-state index contributed by atoms with van der Waals surface area (Å²) >= 11 is 0. The predicted octanol–water partition coefficient (Wildman–Crippen LogP) is 3.90. The molecular weight excluding hydrogens is 380 g/mol. The molecule has 0 N–H and O–H groups in total. The quantitative estimate of drug-likeness (QED) is 0.478. The molecule has 1 aromatic carbocycles. The Kier molecular flexibility index (Phi) is 7.43. The number of benzene rings is 1. The smallest absolute Gasteiger partial charge is 0.336 e. The number of carbonyl (C=O) groups is 2. The number of esters is 1. The lowest BCUT2D eigenvalue weighted by molar-refractivity contribution is -0.140. The molecule has 1 saturated carbocycles. The van der Waals surface area contributed by atoms with E-state index in [1.807, 2.05) is 19.1 Å². The van der Waals surface area contributed by atoms with Crippen LogP contribution in [0.15, 0.2) is 40.5 Å². The highest BCUT2D eigenvalue weighted by molar-refractivity contribution is 6.11. The number of hydrogen-bond donors (Lipinski definition) is 0. The third kappa shape index (κ3) is 4.48. The summed E-state index contributed by atoms with van der Waals surface area (Å²) in [5.41, 5.74) is 4.13. The molecule has 1 aliphatic carbocycles. The zero-order valence-corrected chi connectivity index (χ0v) is 18.4. The molecule has 0 aromatic heterocycles. The number of hydrogen-bond acceptors (Lipinski definition) is 6. The monoisotopic (exact) mass is 412 g/mol. The Bertz CT molecular complexity index is 837. The number of ether oxygens (including phenoxy) is 2. The molecule has 1 aromatic rings. The highest BCUT2D eigenvalue weighted by Crippen LogP contribution is 2.43. The molecular formula is C24H32N2O4. The number of allylic oxidation sites excluding steroid dienone is 1. The van der Waals surface area contributed by atoms with E-state index >= 15 is 0 Å². The van der Waals surface area contributed by atoms with Gasteiger partial charge in [-0.2, -0.15) is 0 Å². The highest BCUT2D eigenvalue weighted by atomic mass is 16.6. The van der Waals surface area contributed by atoms with Gasteiger partial charge in [0.1, 0.15) is 12.4 Å². The predicted molar refractivity (Wildman–Crippen MR) is 118 cm³/mol. The van der Waals surface area contributed by atoms with Gasteiger partial charge in [-0.25, -0.2) is 4.79 Å². The molecule has 0 saturated heterocycles. The van der Waals surface area contributed by atoms with Crippen molar-refractivity contribution in [2.75, 3.05) is 38.3 Å². The second kappa shape index (κ2) is 10.0. The molecule has 162 valence electrons. The summed E-state index contributed by atoms with van der Waals surface area (Å²) in [5.74, 6) is -0.992. The minimum Gasteiger partial charge on any atom is -0.460 e. The van der Waals surface area contributed by atoms with E-state index in [2.05, 4.69) is 35.9 Å². The van der Waals surface area contributed by atoms with E-state index in [0.29, 0.717) is 24.3 Å². The van der Waals surface area contributed by atoms with Gasteiger partial charge in [-0.15, -0.1) is 0 Å².